The van der Waals surface area contributed by atoms with Crippen LogP contribution in [0.3, 0.4) is 0 Å². The van der Waals surface area contributed by atoms with Crippen LogP contribution >= 0.6 is 0 Å². The van der Waals surface area contributed by atoms with Crippen molar-refractivity contribution in [1.29, 1.82) is 0 Å². The van der Waals surface area contributed by atoms with Crippen LogP contribution < -0.4 is 5.73 Å². The third-order valence-electron chi connectivity index (χ3n) is 4.94. The zero-order valence-corrected chi connectivity index (χ0v) is 13.7. The van der Waals surface area contributed by atoms with E-state index in [4.69, 9.17) is 10.8 Å². The molecule has 3 heteroatoms. The molecule has 0 spiro atoms. The molecule has 0 radical (unpaired) electrons. The van der Waals surface area contributed by atoms with Crippen LogP contribution in [0.5, 0.6) is 0 Å². The molecule has 0 amide bonds. The largest absolute Gasteiger partial charge is 0.324 e. The van der Waals surface area contributed by atoms with E-state index in [0.717, 1.165) is 25.2 Å². The molecule has 1 atom stereocenters. The lowest BCUT2D eigenvalue weighted by Gasteiger charge is -2.28. The second kappa shape index (κ2) is 6.75. The van der Waals surface area contributed by atoms with E-state index in [2.05, 4.69) is 32.4 Å². The molecular formula is C17H31N3. The standard InChI is InChI=1S/C17H31N3/c1-5-14(18)17-15(6-2)19-20(16(17)7-3)13-10-8-12(4)9-11-13/h12-14H,5-11,18H2,1-4H3. The Morgan fingerprint density at radius 1 is 1.15 bits per heavy atom. The lowest BCUT2D eigenvalue weighted by atomic mass is 9.87. The zero-order chi connectivity index (χ0) is 14.7. The molecular weight excluding hydrogens is 246 g/mol. The number of rotatable bonds is 5. The van der Waals surface area contributed by atoms with Gasteiger partial charge in [0.2, 0.25) is 0 Å². The van der Waals surface area contributed by atoms with E-state index in [1.807, 2.05) is 0 Å². The summed E-state index contributed by atoms with van der Waals surface area (Å²) < 4.78 is 2.34. The van der Waals surface area contributed by atoms with Crippen LogP contribution in [-0.4, -0.2) is 9.78 Å². The molecule has 0 saturated heterocycles. The Labute approximate surface area is 123 Å². The number of nitrogens with two attached hydrogens (primary N) is 1. The van der Waals surface area contributed by atoms with Crippen LogP contribution in [-0.2, 0) is 12.8 Å². The lowest BCUT2D eigenvalue weighted by molar-refractivity contribution is 0.268. The van der Waals surface area contributed by atoms with Crippen molar-refractivity contribution in [3.8, 4) is 0 Å². The van der Waals surface area contributed by atoms with Gasteiger partial charge in [-0.2, -0.15) is 5.10 Å². The summed E-state index contributed by atoms with van der Waals surface area (Å²) in [4.78, 5) is 0. The Kier molecular flexibility index (Phi) is 5.25. The smallest absolute Gasteiger partial charge is 0.0672 e. The number of aryl methyl sites for hydroxylation is 1. The summed E-state index contributed by atoms with van der Waals surface area (Å²) in [6.07, 6.45) is 8.26. The minimum atomic E-state index is 0.149. The molecule has 114 valence electrons. The van der Waals surface area contributed by atoms with Crippen molar-refractivity contribution in [3.63, 3.8) is 0 Å². The van der Waals surface area contributed by atoms with Gasteiger partial charge in [-0.1, -0.05) is 27.7 Å². The van der Waals surface area contributed by atoms with Crippen LogP contribution in [0.4, 0.5) is 0 Å². The minimum Gasteiger partial charge on any atom is -0.324 e. The fraction of sp³-hybridized carbons (Fsp3) is 0.824. The van der Waals surface area contributed by atoms with Gasteiger partial charge < -0.3 is 5.73 Å². The van der Waals surface area contributed by atoms with Crippen LogP contribution in [0.1, 0.15) is 88.8 Å². The molecule has 1 aliphatic carbocycles. The first-order valence-corrected chi connectivity index (χ1v) is 8.47. The first kappa shape index (κ1) is 15.6. The van der Waals surface area contributed by atoms with Gasteiger partial charge in [0.15, 0.2) is 0 Å². The molecule has 0 aromatic carbocycles. The lowest BCUT2D eigenvalue weighted by Crippen LogP contribution is -2.20. The van der Waals surface area contributed by atoms with E-state index >= 15 is 0 Å². The van der Waals surface area contributed by atoms with Crippen LogP contribution in [0.2, 0.25) is 0 Å². The Hall–Kier alpha value is -0.830. The summed E-state index contributed by atoms with van der Waals surface area (Å²) in [5.74, 6) is 0.884. The maximum atomic E-state index is 6.36. The molecule has 0 aliphatic heterocycles. The van der Waals surface area contributed by atoms with Crippen LogP contribution in [0.25, 0.3) is 0 Å². The van der Waals surface area contributed by atoms with Crippen molar-refractivity contribution < 1.29 is 0 Å². The van der Waals surface area contributed by atoms with E-state index in [9.17, 15) is 0 Å². The van der Waals surface area contributed by atoms with Crippen molar-refractivity contribution in [2.24, 2.45) is 11.7 Å². The van der Waals surface area contributed by atoms with Gasteiger partial charge in [0, 0.05) is 17.3 Å². The number of hydrogen-bond donors (Lipinski definition) is 1. The summed E-state index contributed by atoms with van der Waals surface area (Å²) in [6.45, 7) is 8.98. The second-order valence-electron chi connectivity index (χ2n) is 6.39. The van der Waals surface area contributed by atoms with Gasteiger partial charge in [0.05, 0.1) is 11.7 Å². The molecule has 1 aromatic heterocycles. The molecule has 3 nitrogen and oxygen atoms in total. The highest BCUT2D eigenvalue weighted by Crippen LogP contribution is 2.35. The molecule has 2 rings (SSSR count). The SMILES string of the molecule is CCc1nn(C2CCC(C)CC2)c(CC)c1C(N)CC. The van der Waals surface area contributed by atoms with E-state index in [0.29, 0.717) is 6.04 Å². The maximum Gasteiger partial charge on any atom is 0.0672 e. The van der Waals surface area contributed by atoms with Crippen LogP contribution in [0, 0.1) is 5.92 Å². The number of nitrogens with zero attached hydrogens (tertiary/aromatic N) is 2. The van der Waals surface area contributed by atoms with Crippen molar-refractivity contribution in [1.82, 2.24) is 9.78 Å². The molecule has 0 bridgehead atoms. The van der Waals surface area contributed by atoms with Crippen molar-refractivity contribution in [2.75, 3.05) is 0 Å². The summed E-state index contributed by atoms with van der Waals surface area (Å²) in [7, 11) is 0. The average molecular weight is 277 g/mol. The molecule has 1 fully saturated rings. The fourth-order valence-electron chi connectivity index (χ4n) is 3.57. The molecule has 1 aliphatic rings. The summed E-state index contributed by atoms with van der Waals surface area (Å²) >= 11 is 0. The summed E-state index contributed by atoms with van der Waals surface area (Å²) in [6, 6.07) is 0.750. The highest BCUT2D eigenvalue weighted by atomic mass is 15.3. The first-order valence-electron chi connectivity index (χ1n) is 8.47. The van der Waals surface area contributed by atoms with E-state index < -0.39 is 0 Å². The minimum absolute atomic E-state index is 0.149. The Bertz CT molecular complexity index is 428. The number of aromatic nitrogens is 2. The van der Waals surface area contributed by atoms with E-state index in [1.165, 1.54) is 42.6 Å². The maximum absolute atomic E-state index is 6.36. The second-order valence-corrected chi connectivity index (χ2v) is 6.39. The fourth-order valence-corrected chi connectivity index (χ4v) is 3.57. The van der Waals surface area contributed by atoms with Gasteiger partial charge in [0.25, 0.3) is 0 Å². The van der Waals surface area contributed by atoms with E-state index in [1.54, 1.807) is 0 Å². The van der Waals surface area contributed by atoms with Gasteiger partial charge in [-0.05, 0) is 50.9 Å². The van der Waals surface area contributed by atoms with Crippen LogP contribution in [0.15, 0.2) is 0 Å². The zero-order valence-electron chi connectivity index (χ0n) is 13.7. The van der Waals surface area contributed by atoms with Gasteiger partial charge in [-0.15, -0.1) is 0 Å². The molecule has 1 saturated carbocycles. The van der Waals surface area contributed by atoms with E-state index in [-0.39, 0.29) is 6.04 Å². The molecule has 1 aromatic rings. The topological polar surface area (TPSA) is 43.8 Å². The van der Waals surface area contributed by atoms with Gasteiger partial charge >= 0.3 is 0 Å². The number of hydrogen-bond acceptors (Lipinski definition) is 2. The normalized spacial score (nSPS) is 24.9. The van der Waals surface area contributed by atoms with Gasteiger partial charge in [-0.25, -0.2) is 0 Å². The van der Waals surface area contributed by atoms with Crippen molar-refractivity contribution >= 4 is 0 Å². The predicted molar refractivity (Wildman–Crippen MR) is 84.9 cm³/mol. The highest BCUT2D eigenvalue weighted by Gasteiger charge is 2.26. The third kappa shape index (κ3) is 2.93. The predicted octanol–water partition coefficient (Wildman–Crippen LogP) is 4.17. The first-order chi connectivity index (χ1) is 9.62. The average Bonchev–Trinajstić information content (AvgIpc) is 2.85. The Morgan fingerprint density at radius 3 is 2.30 bits per heavy atom. The molecule has 1 unspecified atom stereocenters. The Balaban J connectivity index is 2.35. The molecule has 1 heterocycles. The summed E-state index contributed by atoms with van der Waals surface area (Å²) in [5, 5.41) is 4.95. The molecule has 2 N–H and O–H groups in total. The van der Waals surface area contributed by atoms with Crippen molar-refractivity contribution in [3.05, 3.63) is 17.0 Å². The van der Waals surface area contributed by atoms with Gasteiger partial charge in [-0.3, -0.25) is 4.68 Å². The van der Waals surface area contributed by atoms with Gasteiger partial charge in [0.1, 0.15) is 0 Å². The molecule has 20 heavy (non-hydrogen) atoms. The highest BCUT2D eigenvalue weighted by molar-refractivity contribution is 5.30. The monoisotopic (exact) mass is 277 g/mol. The quantitative estimate of drug-likeness (QED) is 0.878. The van der Waals surface area contributed by atoms with Crippen molar-refractivity contribution in [2.45, 2.75) is 84.7 Å². The Morgan fingerprint density at radius 2 is 1.80 bits per heavy atom. The summed E-state index contributed by atoms with van der Waals surface area (Å²) in [5.41, 5.74) is 10.3. The third-order valence-corrected chi connectivity index (χ3v) is 4.94.